The quantitative estimate of drug-likeness (QED) is 0.144. The van der Waals surface area contributed by atoms with Crippen molar-refractivity contribution >= 4 is 33.5 Å². The van der Waals surface area contributed by atoms with Gasteiger partial charge in [0.2, 0.25) is 11.7 Å². The predicted octanol–water partition coefficient (Wildman–Crippen LogP) is 2.80. The molecule has 4 amide bonds. The van der Waals surface area contributed by atoms with Gasteiger partial charge in [0.1, 0.15) is 6.23 Å². The molecule has 12 nitrogen and oxygen atoms in total. The minimum atomic E-state index is -3.37. The molecule has 0 aromatic rings. The first-order valence-electron chi connectivity index (χ1n) is 18.4. The molecule has 7 atom stereocenters. The zero-order chi connectivity index (χ0) is 35.9. The van der Waals surface area contributed by atoms with Gasteiger partial charge >= 0.3 is 6.03 Å². The SMILES string of the molecule is C=CCNC(=O)C(=O)C(CC1CC1)NC(=O)C1C2C(CN1C(O)C(NC(=O)NC1(C3CCCCS3(=O)=O)CCCCC1)C(C)(C)C)C2(C)C. The molecule has 0 spiro atoms. The second-order valence-corrected chi connectivity index (χ2v) is 19.4. The third-order valence-electron chi connectivity index (χ3n) is 12.2. The Bertz CT molecular complexity index is 1400. The van der Waals surface area contributed by atoms with Crippen molar-refractivity contribution < 1.29 is 32.7 Å². The number of nitrogens with one attached hydrogen (secondary N) is 4. The number of hydrogen-bond donors (Lipinski definition) is 5. The molecule has 3 saturated carbocycles. The van der Waals surface area contributed by atoms with Crippen molar-refractivity contribution in [3.63, 3.8) is 0 Å². The molecule has 49 heavy (non-hydrogen) atoms. The normalized spacial score (nSPS) is 30.5. The van der Waals surface area contributed by atoms with Gasteiger partial charge in [-0.1, -0.05) is 79.2 Å². The van der Waals surface area contributed by atoms with Crippen LogP contribution in [0.15, 0.2) is 12.7 Å². The molecule has 0 aromatic heterocycles. The van der Waals surface area contributed by atoms with Crippen LogP contribution in [0, 0.1) is 28.6 Å². The highest BCUT2D eigenvalue weighted by atomic mass is 32.2. The van der Waals surface area contributed by atoms with Crippen molar-refractivity contribution in [2.75, 3.05) is 18.8 Å². The zero-order valence-electron chi connectivity index (χ0n) is 30.1. The van der Waals surface area contributed by atoms with Crippen LogP contribution >= 0.6 is 0 Å². The molecule has 5 N–H and O–H groups in total. The van der Waals surface area contributed by atoms with E-state index in [9.17, 15) is 32.7 Å². The number of amides is 4. The van der Waals surface area contributed by atoms with Crippen LogP contribution < -0.4 is 21.3 Å². The minimum Gasteiger partial charge on any atom is -0.376 e. The number of nitrogens with zero attached hydrogens (tertiary/aromatic N) is 1. The fourth-order valence-corrected chi connectivity index (χ4v) is 11.5. The van der Waals surface area contributed by atoms with Crippen LogP contribution in [0.25, 0.3) is 0 Å². The fourth-order valence-electron chi connectivity index (χ4n) is 9.10. The summed E-state index contributed by atoms with van der Waals surface area (Å²) >= 11 is 0. The maximum absolute atomic E-state index is 14.2. The van der Waals surface area contributed by atoms with E-state index in [1.54, 1.807) is 4.90 Å². The van der Waals surface area contributed by atoms with Crippen molar-refractivity contribution in [2.24, 2.45) is 28.6 Å². The molecule has 0 aromatic carbocycles. The Balaban J connectivity index is 1.35. The molecule has 0 radical (unpaired) electrons. The summed E-state index contributed by atoms with van der Waals surface area (Å²) in [4.78, 5) is 55.6. The second-order valence-electron chi connectivity index (χ2n) is 17.1. The average molecular weight is 706 g/mol. The van der Waals surface area contributed by atoms with E-state index in [0.29, 0.717) is 38.6 Å². The Morgan fingerprint density at radius 3 is 2.27 bits per heavy atom. The van der Waals surface area contributed by atoms with Gasteiger partial charge in [-0.2, -0.15) is 0 Å². The molecule has 276 valence electrons. The summed E-state index contributed by atoms with van der Waals surface area (Å²) in [5.41, 5.74) is -1.67. The number of sulfone groups is 1. The summed E-state index contributed by atoms with van der Waals surface area (Å²) < 4.78 is 26.6. The smallest absolute Gasteiger partial charge is 0.315 e. The molecule has 5 rings (SSSR count). The van der Waals surface area contributed by atoms with Crippen LogP contribution in [0.3, 0.4) is 0 Å². The largest absolute Gasteiger partial charge is 0.376 e. The molecule has 2 heterocycles. The Morgan fingerprint density at radius 1 is 1.00 bits per heavy atom. The third kappa shape index (κ3) is 8.03. The zero-order valence-corrected chi connectivity index (χ0v) is 30.9. The lowest BCUT2D eigenvalue weighted by molar-refractivity contribution is -0.142. The highest BCUT2D eigenvalue weighted by Gasteiger charge is 2.70. The average Bonchev–Trinajstić information content (AvgIpc) is 3.88. The lowest BCUT2D eigenvalue weighted by Crippen LogP contribution is -2.67. The summed E-state index contributed by atoms with van der Waals surface area (Å²) in [6.07, 6.45) is 8.30. The minimum absolute atomic E-state index is 0.0788. The van der Waals surface area contributed by atoms with Crippen LogP contribution in [-0.4, -0.2) is 96.0 Å². The number of urea groups is 1. The summed E-state index contributed by atoms with van der Waals surface area (Å²) in [6, 6.07) is -3.09. The molecule has 2 aliphatic heterocycles. The van der Waals surface area contributed by atoms with Gasteiger partial charge < -0.3 is 26.4 Å². The molecule has 3 aliphatic carbocycles. The molecule has 13 heteroatoms. The van der Waals surface area contributed by atoms with E-state index in [1.165, 1.54) is 6.08 Å². The van der Waals surface area contributed by atoms with E-state index < -0.39 is 74.0 Å². The number of rotatable bonds is 13. The summed E-state index contributed by atoms with van der Waals surface area (Å²) in [5.74, 6) is -1.42. The van der Waals surface area contributed by atoms with E-state index in [2.05, 4.69) is 41.7 Å². The van der Waals surface area contributed by atoms with Crippen LogP contribution in [0.1, 0.15) is 105 Å². The molecule has 5 fully saturated rings. The maximum atomic E-state index is 14.2. The van der Waals surface area contributed by atoms with E-state index >= 15 is 0 Å². The van der Waals surface area contributed by atoms with E-state index in [1.807, 2.05) is 20.8 Å². The van der Waals surface area contributed by atoms with E-state index in [0.717, 1.165) is 38.5 Å². The Morgan fingerprint density at radius 2 is 1.67 bits per heavy atom. The van der Waals surface area contributed by atoms with E-state index in [-0.39, 0.29) is 35.5 Å². The van der Waals surface area contributed by atoms with Gasteiger partial charge in [-0.15, -0.1) is 6.58 Å². The number of aliphatic hydroxyl groups excluding tert-OH is 1. The second kappa shape index (κ2) is 14.3. The summed E-state index contributed by atoms with van der Waals surface area (Å²) in [6.45, 7) is 14.1. The molecule has 5 aliphatic rings. The lowest BCUT2D eigenvalue weighted by Gasteiger charge is -2.46. The van der Waals surface area contributed by atoms with Crippen molar-refractivity contribution in [1.29, 1.82) is 0 Å². The number of ketones is 1. The number of carbonyl (C=O) groups is 4. The number of aliphatic hydroxyl groups is 1. The van der Waals surface area contributed by atoms with Crippen molar-refractivity contribution in [3.05, 3.63) is 12.7 Å². The molecule has 2 saturated heterocycles. The summed E-state index contributed by atoms with van der Waals surface area (Å²) in [5, 5.41) is 23.0. The number of Topliss-reactive ketones (excluding diaryl/α,β-unsaturated/α-hetero) is 1. The predicted molar refractivity (Wildman–Crippen MR) is 187 cm³/mol. The molecule has 7 unspecified atom stereocenters. The van der Waals surface area contributed by atoms with Gasteiger partial charge in [-0.05, 0) is 60.7 Å². The van der Waals surface area contributed by atoms with Crippen LogP contribution in [0.4, 0.5) is 4.79 Å². The third-order valence-corrected chi connectivity index (χ3v) is 14.6. The van der Waals surface area contributed by atoms with Gasteiger partial charge in [-0.25, -0.2) is 13.2 Å². The van der Waals surface area contributed by atoms with Crippen LogP contribution in [0.5, 0.6) is 0 Å². The molecule has 0 bridgehead atoms. The van der Waals surface area contributed by atoms with Crippen molar-refractivity contribution in [2.45, 2.75) is 140 Å². The number of carbonyl (C=O) groups excluding carboxylic acids is 4. The van der Waals surface area contributed by atoms with E-state index in [4.69, 9.17) is 0 Å². The Kier molecular flexibility index (Phi) is 11.0. The van der Waals surface area contributed by atoms with Gasteiger partial charge in [0.25, 0.3) is 5.91 Å². The highest BCUT2D eigenvalue weighted by Crippen LogP contribution is 2.65. The van der Waals surface area contributed by atoms with Crippen molar-refractivity contribution in [1.82, 2.24) is 26.2 Å². The van der Waals surface area contributed by atoms with Gasteiger partial charge in [-0.3, -0.25) is 19.3 Å². The number of piperidine rings is 1. The monoisotopic (exact) mass is 705 g/mol. The lowest BCUT2D eigenvalue weighted by atomic mass is 9.77. The fraction of sp³-hybridized carbons (Fsp3) is 0.833. The van der Waals surface area contributed by atoms with Crippen LogP contribution in [-0.2, 0) is 24.2 Å². The van der Waals surface area contributed by atoms with Crippen molar-refractivity contribution in [3.8, 4) is 0 Å². The highest BCUT2D eigenvalue weighted by molar-refractivity contribution is 7.92. The van der Waals surface area contributed by atoms with Gasteiger partial charge in [0, 0.05) is 13.1 Å². The topological polar surface area (TPSA) is 174 Å². The Labute approximate surface area is 292 Å². The number of fused-ring (bicyclic) bond motifs is 1. The van der Waals surface area contributed by atoms with Gasteiger partial charge in [0.05, 0.1) is 34.7 Å². The first-order chi connectivity index (χ1) is 22.9. The first kappa shape index (κ1) is 37.7. The standard InChI is InChI=1S/C36H59N5O7S/c1-7-18-37-31(44)28(42)24(20-22-14-15-22)38-30(43)27-26-23(35(26,5)6)21-41(27)32(45)29(34(2,3)4)39-33(46)40-36(16-10-8-11-17-36)25-13-9-12-19-49(25,47)48/h7,22-27,29,32,45H,1,8-21H2,2-6H3,(H,37,44)(H,38,43)(H2,39,40,46). The van der Waals surface area contributed by atoms with Crippen LogP contribution in [0.2, 0.25) is 0 Å². The maximum Gasteiger partial charge on any atom is 0.315 e. The van der Waals surface area contributed by atoms with Gasteiger partial charge in [0.15, 0.2) is 9.84 Å². The molecular weight excluding hydrogens is 646 g/mol. The number of likely N-dealkylation sites (tertiary alicyclic amines) is 1. The Hall–Kier alpha value is -2.51. The first-order valence-corrected chi connectivity index (χ1v) is 20.1. The molecular formula is C36H59N5O7S. The number of hydrogen-bond acceptors (Lipinski definition) is 8. The summed E-state index contributed by atoms with van der Waals surface area (Å²) in [7, 11) is -3.37.